The molecule has 4 heterocycles. The molecule has 2 aromatic heterocycles. The quantitative estimate of drug-likeness (QED) is 0.115. The highest BCUT2D eigenvalue weighted by molar-refractivity contribution is 6.01. The lowest BCUT2D eigenvalue weighted by atomic mass is 9.89. The lowest BCUT2D eigenvalue weighted by Crippen LogP contribution is -2.30. The van der Waals surface area contributed by atoms with E-state index in [-0.39, 0.29) is 24.4 Å². The van der Waals surface area contributed by atoms with Crippen LogP contribution in [0.1, 0.15) is 66.1 Å². The van der Waals surface area contributed by atoms with E-state index in [0.29, 0.717) is 25.9 Å². The van der Waals surface area contributed by atoms with Crippen molar-refractivity contribution >= 4 is 21.5 Å². The van der Waals surface area contributed by atoms with E-state index >= 15 is 0 Å². The number of nitrogens with zero attached hydrogens (tertiary/aromatic N) is 6. The van der Waals surface area contributed by atoms with E-state index in [2.05, 4.69) is 20.6 Å². The van der Waals surface area contributed by atoms with Gasteiger partial charge in [0.15, 0.2) is 0 Å². The molecule has 14 heteroatoms. The number of ether oxygens (including phenoxy) is 8. The fourth-order valence-electron chi connectivity index (χ4n) is 8.95. The second kappa shape index (κ2) is 16.1. The number of aryl methyl sites for hydroxylation is 2. The minimum atomic E-state index is -0.228. The standard InChI is InChI=1S/C43H50N6O8/c1-24-36-32(40(52-5)30-14-10-16-34(50-3)38(30)42(36)54-7)18-28(56-24)22-48-20-26(44-46-48)12-9-13-27-21-49(47-45-27)23-29-19-33-37(25(2)57-29)43(55-8)39-31(41(33)53-6)15-11-17-35(39)51-4/h10-11,14-17,20-21,24-25,28-29H,9,12-13,18-19,22-23H2,1-8H3/t24-,25-,28-,29-/m1/s1. The van der Waals surface area contributed by atoms with Crippen molar-refractivity contribution in [3.05, 3.63) is 82.4 Å². The molecule has 0 aliphatic carbocycles. The van der Waals surface area contributed by atoms with Gasteiger partial charge in [-0.05, 0) is 45.2 Å². The van der Waals surface area contributed by atoms with Gasteiger partial charge in [-0.15, -0.1) is 10.2 Å². The van der Waals surface area contributed by atoms with Gasteiger partial charge in [0.05, 0.1) is 102 Å². The zero-order valence-electron chi connectivity index (χ0n) is 33.8. The van der Waals surface area contributed by atoms with Crippen molar-refractivity contribution < 1.29 is 37.9 Å². The van der Waals surface area contributed by atoms with Crippen molar-refractivity contribution in [2.24, 2.45) is 0 Å². The van der Waals surface area contributed by atoms with Crippen LogP contribution in [0.2, 0.25) is 0 Å². The van der Waals surface area contributed by atoms with Crippen LogP contribution in [-0.4, -0.2) is 84.9 Å². The highest BCUT2D eigenvalue weighted by Gasteiger charge is 2.35. The second-order valence-corrected chi connectivity index (χ2v) is 14.6. The molecule has 0 radical (unpaired) electrons. The van der Waals surface area contributed by atoms with Gasteiger partial charge in [0.1, 0.15) is 34.5 Å². The summed E-state index contributed by atoms with van der Waals surface area (Å²) >= 11 is 0. The minimum Gasteiger partial charge on any atom is -0.496 e. The zero-order chi connectivity index (χ0) is 39.8. The first-order chi connectivity index (χ1) is 27.8. The number of aromatic nitrogens is 6. The molecule has 4 atom stereocenters. The molecule has 0 unspecified atom stereocenters. The SMILES string of the molecule is COc1c2c(c(OC)c3c(OC)cccc13)[C@@H](C)O[C@@H](Cn1cc(CCCc3cn(C[C@H]4Cc5c(c(OC)c6c(OC)cccc6c5OC)[C@@H](C)O4)nn3)nn1)C2. The topological polar surface area (TPSA) is 135 Å². The Morgan fingerprint density at radius 3 is 1.39 bits per heavy atom. The van der Waals surface area contributed by atoms with Gasteiger partial charge in [-0.2, -0.15) is 0 Å². The van der Waals surface area contributed by atoms with Crippen LogP contribution in [0.4, 0.5) is 0 Å². The van der Waals surface area contributed by atoms with Crippen molar-refractivity contribution in [2.45, 2.75) is 83.5 Å². The van der Waals surface area contributed by atoms with Crippen LogP contribution in [0.5, 0.6) is 34.5 Å². The van der Waals surface area contributed by atoms with E-state index in [1.165, 1.54) is 0 Å². The van der Waals surface area contributed by atoms with E-state index in [4.69, 9.17) is 37.9 Å². The molecular formula is C43H50N6O8. The summed E-state index contributed by atoms with van der Waals surface area (Å²) in [5, 5.41) is 21.5. The Balaban J connectivity index is 0.896. The van der Waals surface area contributed by atoms with E-state index in [9.17, 15) is 0 Å². The molecule has 0 amide bonds. The van der Waals surface area contributed by atoms with E-state index < -0.39 is 0 Å². The molecule has 0 N–H and O–H groups in total. The molecule has 8 rings (SSSR count). The largest absolute Gasteiger partial charge is 0.496 e. The van der Waals surface area contributed by atoms with Gasteiger partial charge in [-0.3, -0.25) is 0 Å². The monoisotopic (exact) mass is 778 g/mol. The number of benzene rings is 4. The molecule has 4 aromatic carbocycles. The summed E-state index contributed by atoms with van der Waals surface area (Å²) in [6, 6.07) is 11.9. The van der Waals surface area contributed by atoms with Gasteiger partial charge in [0.2, 0.25) is 0 Å². The normalized spacial score (nSPS) is 18.9. The molecule has 2 aliphatic rings. The molecule has 300 valence electrons. The summed E-state index contributed by atoms with van der Waals surface area (Å²) in [7, 11) is 10.1. The van der Waals surface area contributed by atoms with Gasteiger partial charge < -0.3 is 37.9 Å². The van der Waals surface area contributed by atoms with Gasteiger partial charge >= 0.3 is 0 Å². The fraction of sp³-hybridized carbons (Fsp3) is 0.442. The zero-order valence-corrected chi connectivity index (χ0v) is 33.8. The van der Waals surface area contributed by atoms with Crippen molar-refractivity contribution in [1.29, 1.82) is 0 Å². The first kappa shape index (κ1) is 38.3. The Morgan fingerprint density at radius 1 is 0.579 bits per heavy atom. The van der Waals surface area contributed by atoms with Crippen LogP contribution >= 0.6 is 0 Å². The van der Waals surface area contributed by atoms with E-state index in [1.807, 2.05) is 72.0 Å². The summed E-state index contributed by atoms with van der Waals surface area (Å²) in [6.45, 7) is 5.21. The highest BCUT2D eigenvalue weighted by Crippen LogP contribution is 2.51. The minimum absolute atomic E-state index is 0.130. The molecule has 2 aliphatic heterocycles. The summed E-state index contributed by atoms with van der Waals surface area (Å²) in [5.41, 5.74) is 5.97. The molecule has 0 fully saturated rings. The Kier molecular flexibility index (Phi) is 10.8. The first-order valence-corrected chi connectivity index (χ1v) is 19.4. The van der Waals surface area contributed by atoms with Crippen molar-refractivity contribution in [1.82, 2.24) is 30.0 Å². The van der Waals surface area contributed by atoms with Crippen LogP contribution in [-0.2, 0) is 48.2 Å². The molecule has 6 aromatic rings. The second-order valence-electron chi connectivity index (χ2n) is 14.6. The van der Waals surface area contributed by atoms with Gasteiger partial charge in [-0.25, -0.2) is 9.36 Å². The smallest absolute Gasteiger partial charge is 0.136 e. The molecule has 0 saturated heterocycles. The summed E-state index contributed by atoms with van der Waals surface area (Å²) in [5.74, 6) is 4.61. The van der Waals surface area contributed by atoms with Gasteiger partial charge in [0.25, 0.3) is 0 Å². The third-order valence-electron chi connectivity index (χ3n) is 11.2. The van der Waals surface area contributed by atoms with Crippen LogP contribution in [0.3, 0.4) is 0 Å². The van der Waals surface area contributed by atoms with Gasteiger partial charge in [0, 0.05) is 58.3 Å². The van der Waals surface area contributed by atoms with Crippen molar-refractivity contribution in [2.75, 3.05) is 42.7 Å². The number of hydrogen-bond donors (Lipinski definition) is 0. The first-order valence-electron chi connectivity index (χ1n) is 19.4. The molecule has 14 nitrogen and oxygen atoms in total. The Morgan fingerprint density at radius 2 is 1.00 bits per heavy atom. The average molecular weight is 779 g/mol. The third kappa shape index (κ3) is 6.94. The van der Waals surface area contributed by atoms with Crippen LogP contribution in [0.15, 0.2) is 48.8 Å². The van der Waals surface area contributed by atoms with Crippen LogP contribution in [0.25, 0.3) is 21.5 Å². The Hall–Kier alpha value is -5.60. The number of fused-ring (bicyclic) bond motifs is 4. The molecule has 0 bridgehead atoms. The van der Waals surface area contributed by atoms with Crippen molar-refractivity contribution in [3.8, 4) is 34.5 Å². The summed E-state index contributed by atoms with van der Waals surface area (Å²) in [6.07, 6.45) is 6.95. The molecule has 0 saturated carbocycles. The maximum atomic E-state index is 6.55. The number of methoxy groups -OCH3 is 6. The Bertz CT molecular complexity index is 2240. The predicted octanol–water partition coefficient (Wildman–Crippen LogP) is 6.81. The fourth-order valence-corrected chi connectivity index (χ4v) is 8.95. The maximum Gasteiger partial charge on any atom is 0.136 e. The lowest BCUT2D eigenvalue weighted by molar-refractivity contribution is -0.0276. The molecule has 57 heavy (non-hydrogen) atoms. The number of rotatable bonds is 14. The summed E-state index contributed by atoms with van der Waals surface area (Å²) < 4.78 is 52.2. The maximum absolute atomic E-state index is 6.55. The third-order valence-corrected chi connectivity index (χ3v) is 11.2. The Labute approximate surface area is 331 Å². The van der Waals surface area contributed by atoms with E-state index in [1.54, 1.807) is 42.7 Å². The molecule has 0 spiro atoms. The van der Waals surface area contributed by atoms with Crippen LogP contribution in [0, 0.1) is 0 Å². The summed E-state index contributed by atoms with van der Waals surface area (Å²) in [4.78, 5) is 0. The van der Waals surface area contributed by atoms with E-state index in [0.717, 1.165) is 109 Å². The van der Waals surface area contributed by atoms with Crippen LogP contribution < -0.4 is 28.4 Å². The highest BCUT2D eigenvalue weighted by atomic mass is 16.5. The van der Waals surface area contributed by atoms with Crippen molar-refractivity contribution in [3.63, 3.8) is 0 Å². The molecular weight excluding hydrogens is 729 g/mol. The predicted molar refractivity (Wildman–Crippen MR) is 213 cm³/mol. The average Bonchev–Trinajstić information content (AvgIpc) is 3.87. The lowest BCUT2D eigenvalue weighted by Gasteiger charge is -2.33. The van der Waals surface area contributed by atoms with Gasteiger partial charge in [-0.1, -0.05) is 34.7 Å². The number of hydrogen-bond acceptors (Lipinski definition) is 12.